The van der Waals surface area contributed by atoms with Crippen LogP contribution in [0, 0.1) is 10.1 Å². The van der Waals surface area contributed by atoms with Crippen LogP contribution in [0.5, 0.6) is 0 Å². The fourth-order valence-corrected chi connectivity index (χ4v) is 2.19. The first-order valence-electron chi connectivity index (χ1n) is 6.68. The van der Waals surface area contributed by atoms with Crippen molar-refractivity contribution in [3.8, 4) is 0 Å². The number of hydrogen-bond acceptors (Lipinski definition) is 4. The van der Waals surface area contributed by atoms with Crippen molar-refractivity contribution in [1.29, 1.82) is 0 Å². The molecule has 0 aliphatic rings. The Kier molecular flexibility index (Phi) is 4.66. The molecule has 5 nitrogen and oxygen atoms in total. The third-order valence-corrected chi connectivity index (χ3v) is 3.30. The highest BCUT2D eigenvalue weighted by Crippen LogP contribution is 2.24. The Morgan fingerprint density at radius 3 is 2.48 bits per heavy atom. The molecule has 0 aromatic heterocycles. The molecule has 5 heteroatoms. The van der Waals surface area contributed by atoms with Gasteiger partial charge in [-0.25, -0.2) is 0 Å². The fraction of sp³-hybridized carbons (Fsp3) is 0.188. The van der Waals surface area contributed by atoms with E-state index in [0.717, 1.165) is 17.8 Å². The zero-order valence-electron chi connectivity index (χ0n) is 11.7. The van der Waals surface area contributed by atoms with Gasteiger partial charge in [0.25, 0.3) is 5.69 Å². The molecule has 0 N–H and O–H groups in total. The fourth-order valence-electron chi connectivity index (χ4n) is 2.19. The van der Waals surface area contributed by atoms with Crippen molar-refractivity contribution in [2.45, 2.75) is 13.5 Å². The molecule has 21 heavy (non-hydrogen) atoms. The van der Waals surface area contributed by atoms with Crippen LogP contribution in [0.15, 0.2) is 48.5 Å². The van der Waals surface area contributed by atoms with Gasteiger partial charge >= 0.3 is 0 Å². The SMILES string of the molecule is CCN(Cc1ccccc1)c1ccc([N+](=O)[O-])c(C=O)c1. The topological polar surface area (TPSA) is 63.4 Å². The Balaban J connectivity index is 2.30. The molecule has 0 radical (unpaired) electrons. The van der Waals surface area contributed by atoms with Crippen molar-refractivity contribution in [1.82, 2.24) is 0 Å². The smallest absolute Gasteiger partial charge is 0.280 e. The molecule has 0 bridgehead atoms. The van der Waals surface area contributed by atoms with Crippen LogP contribution < -0.4 is 4.90 Å². The third kappa shape index (κ3) is 3.45. The van der Waals surface area contributed by atoms with Crippen molar-refractivity contribution in [3.63, 3.8) is 0 Å². The second-order valence-electron chi connectivity index (χ2n) is 4.62. The quantitative estimate of drug-likeness (QED) is 0.463. The summed E-state index contributed by atoms with van der Waals surface area (Å²) < 4.78 is 0. The predicted octanol–water partition coefficient (Wildman–Crippen LogP) is 3.43. The van der Waals surface area contributed by atoms with Gasteiger partial charge in [0, 0.05) is 24.8 Å². The van der Waals surface area contributed by atoms with Crippen LogP contribution in [0.4, 0.5) is 11.4 Å². The molecule has 0 amide bonds. The van der Waals surface area contributed by atoms with Gasteiger partial charge in [0.1, 0.15) is 0 Å². The van der Waals surface area contributed by atoms with E-state index in [-0.39, 0.29) is 11.3 Å². The van der Waals surface area contributed by atoms with Gasteiger partial charge in [-0.1, -0.05) is 30.3 Å². The molecule has 0 heterocycles. The first kappa shape index (κ1) is 14.7. The van der Waals surface area contributed by atoms with Gasteiger partial charge < -0.3 is 4.90 Å². The van der Waals surface area contributed by atoms with Crippen LogP contribution >= 0.6 is 0 Å². The summed E-state index contributed by atoms with van der Waals surface area (Å²) in [5, 5.41) is 10.9. The molecule has 0 aliphatic heterocycles. The van der Waals surface area contributed by atoms with E-state index in [1.54, 1.807) is 12.1 Å². The molecule has 2 aromatic carbocycles. The Bertz CT molecular complexity index is 641. The van der Waals surface area contributed by atoms with Crippen molar-refractivity contribution >= 4 is 17.7 Å². The van der Waals surface area contributed by atoms with Crippen LogP contribution in [-0.2, 0) is 6.54 Å². The van der Waals surface area contributed by atoms with Crippen LogP contribution in [0.2, 0.25) is 0 Å². The maximum atomic E-state index is 11.0. The van der Waals surface area contributed by atoms with Gasteiger partial charge in [0.2, 0.25) is 0 Å². The number of aldehydes is 1. The summed E-state index contributed by atoms with van der Waals surface area (Å²) >= 11 is 0. The summed E-state index contributed by atoms with van der Waals surface area (Å²) in [6.45, 7) is 3.43. The van der Waals surface area contributed by atoms with E-state index >= 15 is 0 Å². The molecule has 0 unspecified atom stereocenters. The average Bonchev–Trinajstić information content (AvgIpc) is 2.52. The highest BCUT2D eigenvalue weighted by atomic mass is 16.6. The predicted molar refractivity (Wildman–Crippen MR) is 81.6 cm³/mol. The summed E-state index contributed by atoms with van der Waals surface area (Å²) in [6.07, 6.45) is 0.526. The summed E-state index contributed by atoms with van der Waals surface area (Å²) in [5.74, 6) is 0. The maximum absolute atomic E-state index is 11.0. The summed E-state index contributed by atoms with van der Waals surface area (Å²) in [6, 6.07) is 14.6. The van der Waals surface area contributed by atoms with E-state index in [1.807, 2.05) is 37.3 Å². The highest BCUT2D eigenvalue weighted by Gasteiger charge is 2.15. The third-order valence-electron chi connectivity index (χ3n) is 3.30. The van der Waals surface area contributed by atoms with Gasteiger partial charge in [-0.15, -0.1) is 0 Å². The Labute approximate surface area is 123 Å². The number of rotatable bonds is 6. The van der Waals surface area contributed by atoms with E-state index in [1.165, 1.54) is 6.07 Å². The molecular formula is C16H16N2O3. The second-order valence-corrected chi connectivity index (χ2v) is 4.62. The number of carbonyl (C=O) groups excluding carboxylic acids is 1. The lowest BCUT2D eigenvalue weighted by atomic mass is 10.1. The number of nitro benzene ring substituents is 1. The lowest BCUT2D eigenvalue weighted by molar-refractivity contribution is -0.385. The Morgan fingerprint density at radius 2 is 1.90 bits per heavy atom. The summed E-state index contributed by atoms with van der Waals surface area (Å²) in [5.41, 5.74) is 1.88. The second kappa shape index (κ2) is 6.65. The number of carbonyl (C=O) groups is 1. The minimum Gasteiger partial charge on any atom is -0.367 e. The number of benzene rings is 2. The van der Waals surface area contributed by atoms with E-state index < -0.39 is 4.92 Å². The molecule has 0 saturated carbocycles. The molecular weight excluding hydrogens is 268 g/mol. The van der Waals surface area contributed by atoms with E-state index in [9.17, 15) is 14.9 Å². The number of nitrogens with zero attached hydrogens (tertiary/aromatic N) is 2. The first-order chi connectivity index (χ1) is 10.2. The van der Waals surface area contributed by atoms with Gasteiger partial charge in [-0.05, 0) is 24.6 Å². The summed E-state index contributed by atoms with van der Waals surface area (Å²) in [4.78, 5) is 23.4. The molecule has 108 valence electrons. The van der Waals surface area contributed by atoms with Crippen LogP contribution in [0.3, 0.4) is 0 Å². The Morgan fingerprint density at radius 1 is 1.19 bits per heavy atom. The van der Waals surface area contributed by atoms with Crippen LogP contribution in [0.25, 0.3) is 0 Å². The monoisotopic (exact) mass is 284 g/mol. The minimum atomic E-state index is -0.541. The largest absolute Gasteiger partial charge is 0.367 e. The van der Waals surface area contributed by atoms with Crippen molar-refractivity contribution in [2.75, 3.05) is 11.4 Å². The Hall–Kier alpha value is -2.69. The van der Waals surface area contributed by atoms with Crippen molar-refractivity contribution < 1.29 is 9.72 Å². The molecule has 0 fully saturated rings. The zero-order valence-corrected chi connectivity index (χ0v) is 11.7. The van der Waals surface area contributed by atoms with Gasteiger partial charge in [-0.3, -0.25) is 14.9 Å². The van der Waals surface area contributed by atoms with Crippen molar-refractivity contribution in [3.05, 3.63) is 69.8 Å². The first-order valence-corrected chi connectivity index (χ1v) is 6.68. The van der Waals surface area contributed by atoms with E-state index in [0.29, 0.717) is 12.8 Å². The van der Waals surface area contributed by atoms with Crippen molar-refractivity contribution in [2.24, 2.45) is 0 Å². The van der Waals surface area contributed by atoms with Crippen LogP contribution in [0.1, 0.15) is 22.8 Å². The van der Waals surface area contributed by atoms with E-state index in [4.69, 9.17) is 0 Å². The molecule has 0 saturated heterocycles. The average molecular weight is 284 g/mol. The molecule has 0 atom stereocenters. The molecule has 2 aromatic rings. The number of anilines is 1. The normalized spacial score (nSPS) is 10.1. The van der Waals surface area contributed by atoms with Gasteiger partial charge in [-0.2, -0.15) is 0 Å². The van der Waals surface area contributed by atoms with E-state index in [2.05, 4.69) is 4.90 Å². The lowest BCUT2D eigenvalue weighted by Gasteiger charge is -2.23. The van der Waals surface area contributed by atoms with Gasteiger partial charge in [0.15, 0.2) is 6.29 Å². The number of nitro groups is 1. The molecule has 2 rings (SSSR count). The minimum absolute atomic E-state index is 0.101. The zero-order chi connectivity index (χ0) is 15.2. The summed E-state index contributed by atoms with van der Waals surface area (Å²) in [7, 11) is 0. The number of hydrogen-bond donors (Lipinski definition) is 0. The molecule has 0 aliphatic carbocycles. The maximum Gasteiger partial charge on any atom is 0.280 e. The van der Waals surface area contributed by atoms with Gasteiger partial charge in [0.05, 0.1) is 10.5 Å². The molecule has 0 spiro atoms. The highest BCUT2D eigenvalue weighted by molar-refractivity contribution is 5.83. The lowest BCUT2D eigenvalue weighted by Crippen LogP contribution is -2.22. The standard InChI is InChI=1S/C16H16N2O3/c1-2-17(11-13-6-4-3-5-7-13)15-8-9-16(18(20)21)14(10-15)12-19/h3-10,12H,2,11H2,1H3. The van der Waals surface area contributed by atoms with Crippen LogP contribution in [-0.4, -0.2) is 17.8 Å².